The summed E-state index contributed by atoms with van der Waals surface area (Å²) in [6.45, 7) is 1.19. The van der Waals surface area contributed by atoms with E-state index < -0.39 is 6.29 Å². The molecule has 3 heterocycles. The van der Waals surface area contributed by atoms with E-state index in [4.69, 9.17) is 13.9 Å². The third-order valence-corrected chi connectivity index (χ3v) is 3.64. The van der Waals surface area contributed by atoms with Crippen LogP contribution in [0.4, 0.5) is 5.82 Å². The largest absolute Gasteiger partial charge is 0.456 e. The van der Waals surface area contributed by atoms with Crippen molar-refractivity contribution in [3.8, 4) is 11.3 Å². The molecule has 6 nitrogen and oxygen atoms in total. The van der Waals surface area contributed by atoms with Crippen molar-refractivity contribution in [2.75, 3.05) is 25.6 Å². The standard InChI is InChI=1S/C16H15N3O3/c1-17-15-11-8-10(2-3-12(11)18-9-19-15)13-4-5-14(22-13)16-20-6-7-21-16/h2-5,8-9,16H,6-7H2,1H3,(H,17,18,19). The normalized spacial score (nSPS) is 15.5. The molecule has 0 radical (unpaired) electrons. The van der Waals surface area contributed by atoms with E-state index in [1.165, 1.54) is 0 Å². The molecule has 1 saturated heterocycles. The fraction of sp³-hybridized carbons (Fsp3) is 0.250. The Morgan fingerprint density at radius 1 is 1.09 bits per heavy atom. The number of rotatable bonds is 3. The van der Waals surface area contributed by atoms with Crippen molar-refractivity contribution in [2.45, 2.75) is 6.29 Å². The maximum atomic E-state index is 5.86. The quantitative estimate of drug-likeness (QED) is 0.801. The molecule has 0 atom stereocenters. The van der Waals surface area contributed by atoms with Gasteiger partial charge in [0.25, 0.3) is 0 Å². The molecule has 1 N–H and O–H groups in total. The smallest absolute Gasteiger partial charge is 0.217 e. The molecule has 6 heteroatoms. The van der Waals surface area contributed by atoms with Crippen molar-refractivity contribution in [3.63, 3.8) is 0 Å². The molecule has 2 aromatic heterocycles. The van der Waals surface area contributed by atoms with Crippen LogP contribution < -0.4 is 5.32 Å². The third kappa shape index (κ3) is 2.22. The van der Waals surface area contributed by atoms with Crippen molar-refractivity contribution >= 4 is 16.7 Å². The Labute approximate surface area is 127 Å². The van der Waals surface area contributed by atoms with Crippen LogP contribution in [0.3, 0.4) is 0 Å². The Bertz CT molecular complexity index is 809. The minimum Gasteiger partial charge on any atom is -0.456 e. The average molecular weight is 297 g/mol. The van der Waals surface area contributed by atoms with Gasteiger partial charge >= 0.3 is 0 Å². The van der Waals surface area contributed by atoms with Gasteiger partial charge in [0.05, 0.1) is 18.7 Å². The maximum absolute atomic E-state index is 5.86. The van der Waals surface area contributed by atoms with E-state index in [9.17, 15) is 0 Å². The maximum Gasteiger partial charge on any atom is 0.217 e. The van der Waals surface area contributed by atoms with Crippen LogP contribution in [0.15, 0.2) is 41.1 Å². The Morgan fingerprint density at radius 2 is 1.95 bits per heavy atom. The molecule has 4 rings (SSSR count). The third-order valence-electron chi connectivity index (χ3n) is 3.64. The number of nitrogens with zero attached hydrogens (tertiary/aromatic N) is 2. The van der Waals surface area contributed by atoms with Gasteiger partial charge in [-0.15, -0.1) is 0 Å². The summed E-state index contributed by atoms with van der Waals surface area (Å²) in [5.74, 6) is 2.24. The fourth-order valence-corrected chi connectivity index (χ4v) is 2.57. The lowest BCUT2D eigenvalue weighted by atomic mass is 10.1. The van der Waals surface area contributed by atoms with Gasteiger partial charge in [0.1, 0.15) is 17.9 Å². The molecule has 0 unspecified atom stereocenters. The molecule has 0 bridgehead atoms. The first kappa shape index (κ1) is 13.2. The van der Waals surface area contributed by atoms with E-state index in [2.05, 4.69) is 15.3 Å². The number of nitrogens with one attached hydrogen (secondary N) is 1. The Hall–Kier alpha value is -2.44. The molecular weight excluding hydrogens is 282 g/mol. The zero-order valence-corrected chi connectivity index (χ0v) is 12.1. The molecule has 1 aliphatic heterocycles. The van der Waals surface area contributed by atoms with Crippen LogP contribution in [-0.2, 0) is 9.47 Å². The van der Waals surface area contributed by atoms with Gasteiger partial charge < -0.3 is 19.2 Å². The van der Waals surface area contributed by atoms with Crippen molar-refractivity contribution in [2.24, 2.45) is 0 Å². The first-order valence-corrected chi connectivity index (χ1v) is 7.11. The summed E-state index contributed by atoms with van der Waals surface area (Å²) in [6, 6.07) is 9.76. The number of fused-ring (bicyclic) bond motifs is 1. The van der Waals surface area contributed by atoms with Gasteiger partial charge in [0, 0.05) is 18.0 Å². The molecular formula is C16H15N3O3. The van der Waals surface area contributed by atoms with Crippen LogP contribution in [0, 0.1) is 0 Å². The van der Waals surface area contributed by atoms with E-state index in [1.54, 1.807) is 6.33 Å². The number of hydrogen-bond acceptors (Lipinski definition) is 6. The van der Waals surface area contributed by atoms with Gasteiger partial charge in [-0.1, -0.05) is 0 Å². The van der Waals surface area contributed by atoms with Crippen molar-refractivity contribution in [1.82, 2.24) is 9.97 Å². The van der Waals surface area contributed by atoms with Crippen LogP contribution in [-0.4, -0.2) is 30.2 Å². The van der Waals surface area contributed by atoms with E-state index in [-0.39, 0.29) is 0 Å². The predicted molar refractivity (Wildman–Crippen MR) is 81.4 cm³/mol. The van der Waals surface area contributed by atoms with Crippen molar-refractivity contribution in [1.29, 1.82) is 0 Å². The van der Waals surface area contributed by atoms with E-state index >= 15 is 0 Å². The summed E-state index contributed by atoms with van der Waals surface area (Å²) in [5.41, 5.74) is 1.85. The van der Waals surface area contributed by atoms with Gasteiger partial charge in [0.15, 0.2) is 5.76 Å². The Morgan fingerprint density at radius 3 is 2.77 bits per heavy atom. The molecule has 22 heavy (non-hydrogen) atoms. The average Bonchev–Trinajstić information content (AvgIpc) is 3.24. The lowest BCUT2D eigenvalue weighted by Crippen LogP contribution is -1.95. The molecule has 1 aromatic carbocycles. The second-order valence-corrected chi connectivity index (χ2v) is 4.98. The van der Waals surface area contributed by atoms with E-state index in [0.29, 0.717) is 19.0 Å². The molecule has 0 saturated carbocycles. The van der Waals surface area contributed by atoms with Gasteiger partial charge in [-0.25, -0.2) is 9.97 Å². The van der Waals surface area contributed by atoms with Crippen LogP contribution in [0.5, 0.6) is 0 Å². The van der Waals surface area contributed by atoms with Gasteiger partial charge in [-0.05, 0) is 30.3 Å². The second-order valence-electron chi connectivity index (χ2n) is 4.98. The predicted octanol–water partition coefficient (Wildman–Crippen LogP) is 2.98. The topological polar surface area (TPSA) is 69.4 Å². The number of furan rings is 1. The molecule has 3 aromatic rings. The number of hydrogen-bond donors (Lipinski definition) is 1. The summed E-state index contributed by atoms with van der Waals surface area (Å²) in [5, 5.41) is 4.03. The highest BCUT2D eigenvalue weighted by atomic mass is 16.7. The molecule has 0 spiro atoms. The summed E-state index contributed by atoms with van der Waals surface area (Å²) in [7, 11) is 1.84. The highest BCUT2D eigenvalue weighted by Crippen LogP contribution is 2.31. The lowest BCUT2D eigenvalue weighted by molar-refractivity contribution is -0.0585. The number of anilines is 1. The van der Waals surface area contributed by atoms with Crippen LogP contribution in [0.1, 0.15) is 12.1 Å². The second kappa shape index (κ2) is 5.40. The van der Waals surface area contributed by atoms with E-state index in [1.807, 2.05) is 37.4 Å². The first-order valence-electron chi connectivity index (χ1n) is 7.11. The molecule has 112 valence electrons. The number of ether oxygens (including phenoxy) is 2. The molecule has 1 fully saturated rings. The fourth-order valence-electron chi connectivity index (χ4n) is 2.57. The SMILES string of the molecule is CNc1ncnc2ccc(-c3ccc(C4OCCO4)o3)cc12. The van der Waals surface area contributed by atoms with Crippen LogP contribution in [0.2, 0.25) is 0 Å². The minimum atomic E-state index is -0.398. The summed E-state index contributed by atoms with van der Waals surface area (Å²) < 4.78 is 16.8. The van der Waals surface area contributed by atoms with Gasteiger partial charge in [-0.2, -0.15) is 0 Å². The number of benzene rings is 1. The zero-order chi connectivity index (χ0) is 14.9. The van der Waals surface area contributed by atoms with Crippen LogP contribution in [0.25, 0.3) is 22.2 Å². The molecule has 0 amide bonds. The van der Waals surface area contributed by atoms with Crippen molar-refractivity contribution < 1.29 is 13.9 Å². The zero-order valence-electron chi connectivity index (χ0n) is 12.1. The monoisotopic (exact) mass is 297 g/mol. The Balaban J connectivity index is 1.74. The summed E-state index contributed by atoms with van der Waals surface area (Å²) in [6.07, 6.45) is 1.15. The highest BCUT2D eigenvalue weighted by molar-refractivity contribution is 5.91. The van der Waals surface area contributed by atoms with E-state index in [0.717, 1.165) is 28.0 Å². The lowest BCUT2D eigenvalue weighted by Gasteiger charge is -2.06. The summed E-state index contributed by atoms with van der Waals surface area (Å²) >= 11 is 0. The van der Waals surface area contributed by atoms with Crippen molar-refractivity contribution in [3.05, 3.63) is 42.4 Å². The van der Waals surface area contributed by atoms with Gasteiger partial charge in [-0.3, -0.25) is 0 Å². The molecule has 1 aliphatic rings. The van der Waals surface area contributed by atoms with Crippen LogP contribution >= 0.6 is 0 Å². The van der Waals surface area contributed by atoms with Gasteiger partial charge in [0.2, 0.25) is 6.29 Å². The number of aromatic nitrogens is 2. The first-order chi connectivity index (χ1) is 10.8. The highest BCUT2D eigenvalue weighted by Gasteiger charge is 2.22. The Kier molecular flexibility index (Phi) is 3.25. The minimum absolute atomic E-state index is 0.398. The summed E-state index contributed by atoms with van der Waals surface area (Å²) in [4.78, 5) is 8.51. The molecule has 0 aliphatic carbocycles.